The summed E-state index contributed by atoms with van der Waals surface area (Å²) in [6.07, 6.45) is 5.08. The summed E-state index contributed by atoms with van der Waals surface area (Å²) in [5, 5.41) is 3.17. The molecule has 0 heterocycles. The van der Waals surface area contributed by atoms with Crippen molar-refractivity contribution in [1.29, 1.82) is 0 Å². The summed E-state index contributed by atoms with van der Waals surface area (Å²) in [5.41, 5.74) is 1.27. The number of rotatable bonds is 12. The van der Waals surface area contributed by atoms with Gasteiger partial charge in [-0.2, -0.15) is 0 Å². The number of nitrogens with zero attached hydrogens (tertiary/aromatic N) is 1. The van der Waals surface area contributed by atoms with E-state index in [-0.39, 0.29) is 0 Å². The van der Waals surface area contributed by atoms with Crippen LogP contribution in [0.15, 0.2) is 24.3 Å². The van der Waals surface area contributed by atoms with Crippen molar-refractivity contribution in [3.63, 3.8) is 0 Å². The number of hydrogen-bond acceptors (Lipinski definition) is 3. The Balaban J connectivity index is 2.35. The minimum atomic E-state index is 0.774. The minimum absolute atomic E-state index is 0.774. The van der Waals surface area contributed by atoms with Crippen LogP contribution in [0.3, 0.4) is 0 Å². The molecule has 3 heteroatoms. The molecule has 0 atom stereocenters. The van der Waals surface area contributed by atoms with Crippen molar-refractivity contribution in [2.24, 2.45) is 0 Å². The molecule has 0 saturated carbocycles. The molecular formula is C18H32N2O. The fourth-order valence-electron chi connectivity index (χ4n) is 2.34. The van der Waals surface area contributed by atoms with E-state index in [0.29, 0.717) is 0 Å². The monoisotopic (exact) mass is 292 g/mol. The second-order valence-corrected chi connectivity index (χ2v) is 5.57. The average molecular weight is 292 g/mol. The zero-order valence-electron chi connectivity index (χ0n) is 14.0. The summed E-state index contributed by atoms with van der Waals surface area (Å²) in [6.45, 7) is 9.58. The molecule has 1 N–H and O–H groups in total. The molecule has 0 amide bonds. The van der Waals surface area contributed by atoms with Gasteiger partial charge in [0.2, 0.25) is 0 Å². The summed E-state index contributed by atoms with van der Waals surface area (Å²) < 4.78 is 5.91. The van der Waals surface area contributed by atoms with Crippen LogP contribution in [0.5, 0.6) is 5.75 Å². The van der Waals surface area contributed by atoms with E-state index in [1.807, 2.05) is 13.1 Å². The van der Waals surface area contributed by atoms with Crippen LogP contribution in [0, 0.1) is 0 Å². The Hall–Kier alpha value is -1.06. The van der Waals surface area contributed by atoms with Gasteiger partial charge in [0.05, 0.1) is 0 Å². The highest BCUT2D eigenvalue weighted by Gasteiger charge is 2.04. The molecule has 0 radical (unpaired) electrons. The van der Waals surface area contributed by atoms with Gasteiger partial charge in [-0.3, -0.25) is 4.90 Å². The smallest absolute Gasteiger partial charge is 0.119 e. The van der Waals surface area contributed by atoms with Gasteiger partial charge in [-0.05, 0) is 50.7 Å². The topological polar surface area (TPSA) is 24.5 Å². The van der Waals surface area contributed by atoms with Crippen molar-refractivity contribution >= 4 is 0 Å². The molecule has 0 saturated heterocycles. The van der Waals surface area contributed by atoms with Crippen molar-refractivity contribution in [1.82, 2.24) is 10.2 Å². The molecule has 21 heavy (non-hydrogen) atoms. The molecule has 0 aliphatic carbocycles. The zero-order valence-corrected chi connectivity index (χ0v) is 14.0. The third-order valence-electron chi connectivity index (χ3n) is 3.61. The molecule has 0 fully saturated rings. The van der Waals surface area contributed by atoms with Gasteiger partial charge < -0.3 is 10.1 Å². The molecule has 0 spiro atoms. The molecule has 0 bridgehead atoms. The van der Waals surface area contributed by atoms with Crippen molar-refractivity contribution < 1.29 is 4.74 Å². The van der Waals surface area contributed by atoms with Gasteiger partial charge in [-0.25, -0.2) is 0 Å². The Morgan fingerprint density at radius 3 is 2.38 bits per heavy atom. The summed E-state index contributed by atoms with van der Waals surface area (Å²) in [6, 6.07) is 8.35. The number of ether oxygens (including phenoxy) is 1. The maximum absolute atomic E-state index is 5.91. The van der Waals surface area contributed by atoms with Gasteiger partial charge >= 0.3 is 0 Å². The first kappa shape index (κ1) is 18.0. The van der Waals surface area contributed by atoms with Crippen LogP contribution < -0.4 is 10.1 Å². The first-order valence-corrected chi connectivity index (χ1v) is 8.38. The molecule has 1 aromatic carbocycles. The fourth-order valence-corrected chi connectivity index (χ4v) is 2.34. The molecule has 0 aromatic heterocycles. The summed E-state index contributed by atoms with van der Waals surface area (Å²) in [5.74, 6) is 0.980. The molecule has 0 aliphatic heterocycles. The largest absolute Gasteiger partial charge is 0.492 e. The minimum Gasteiger partial charge on any atom is -0.492 e. The van der Waals surface area contributed by atoms with Crippen LogP contribution in [0.2, 0.25) is 0 Å². The Kier molecular flexibility index (Phi) is 9.92. The Bertz CT molecular complexity index is 360. The number of hydrogen-bond donors (Lipinski definition) is 1. The molecular weight excluding hydrogens is 260 g/mol. The van der Waals surface area contributed by atoms with E-state index in [4.69, 9.17) is 4.74 Å². The second kappa shape index (κ2) is 11.6. The van der Waals surface area contributed by atoms with Gasteiger partial charge in [0.25, 0.3) is 0 Å². The molecule has 0 unspecified atom stereocenters. The lowest BCUT2D eigenvalue weighted by atomic mass is 10.2. The Morgan fingerprint density at radius 2 is 1.76 bits per heavy atom. The highest BCUT2D eigenvalue weighted by Crippen LogP contribution is 2.13. The van der Waals surface area contributed by atoms with Gasteiger partial charge in [0.1, 0.15) is 12.4 Å². The summed E-state index contributed by atoms with van der Waals surface area (Å²) in [7, 11) is 1.97. The van der Waals surface area contributed by atoms with Crippen molar-refractivity contribution in [3.05, 3.63) is 29.8 Å². The lowest BCUT2D eigenvalue weighted by Gasteiger charge is -2.22. The lowest BCUT2D eigenvalue weighted by Crippen LogP contribution is -2.30. The predicted molar refractivity (Wildman–Crippen MR) is 91.0 cm³/mol. The zero-order chi connectivity index (χ0) is 15.3. The van der Waals surface area contributed by atoms with Crippen molar-refractivity contribution in [2.75, 3.05) is 33.3 Å². The summed E-state index contributed by atoms with van der Waals surface area (Å²) in [4.78, 5) is 2.53. The first-order chi connectivity index (χ1) is 10.3. The van der Waals surface area contributed by atoms with Crippen LogP contribution in [0.25, 0.3) is 0 Å². The number of benzene rings is 1. The van der Waals surface area contributed by atoms with Crippen molar-refractivity contribution in [3.8, 4) is 5.75 Å². The Labute approximate surface area is 130 Å². The molecule has 1 rings (SSSR count). The van der Waals surface area contributed by atoms with Crippen LogP contribution in [0.1, 0.15) is 45.1 Å². The lowest BCUT2D eigenvalue weighted by molar-refractivity contribution is 0.204. The highest BCUT2D eigenvalue weighted by atomic mass is 16.5. The van der Waals surface area contributed by atoms with E-state index in [0.717, 1.165) is 25.4 Å². The Morgan fingerprint density at radius 1 is 1.05 bits per heavy atom. The van der Waals surface area contributed by atoms with Crippen LogP contribution in [-0.2, 0) is 6.54 Å². The van der Waals surface area contributed by atoms with Gasteiger partial charge in [0, 0.05) is 13.1 Å². The third kappa shape index (κ3) is 8.08. The maximum atomic E-state index is 5.91. The molecule has 1 aromatic rings. The normalized spacial score (nSPS) is 11.0. The summed E-state index contributed by atoms with van der Waals surface area (Å²) >= 11 is 0. The third-order valence-corrected chi connectivity index (χ3v) is 3.61. The van der Waals surface area contributed by atoms with Gasteiger partial charge in [-0.15, -0.1) is 0 Å². The first-order valence-electron chi connectivity index (χ1n) is 8.38. The van der Waals surface area contributed by atoms with E-state index in [9.17, 15) is 0 Å². The van der Waals surface area contributed by atoms with E-state index in [1.165, 1.54) is 44.3 Å². The van der Waals surface area contributed by atoms with E-state index in [1.54, 1.807) is 0 Å². The average Bonchev–Trinajstić information content (AvgIpc) is 2.50. The quantitative estimate of drug-likeness (QED) is 0.636. The van der Waals surface area contributed by atoms with Crippen LogP contribution in [0.4, 0.5) is 0 Å². The standard InChI is InChI=1S/C18H32N2O/c1-4-6-11-20(12-7-5-2)13-14-21-18-10-8-9-17(15-18)16-19-3/h8-10,15,19H,4-7,11-14,16H2,1-3H3. The van der Waals surface area contributed by atoms with Crippen LogP contribution in [-0.4, -0.2) is 38.2 Å². The fraction of sp³-hybridized carbons (Fsp3) is 0.667. The van der Waals surface area contributed by atoms with Gasteiger partial charge in [0.15, 0.2) is 0 Å². The van der Waals surface area contributed by atoms with Gasteiger partial charge in [-0.1, -0.05) is 38.8 Å². The second-order valence-electron chi connectivity index (χ2n) is 5.57. The van der Waals surface area contributed by atoms with Crippen LogP contribution >= 0.6 is 0 Å². The maximum Gasteiger partial charge on any atom is 0.119 e. The highest BCUT2D eigenvalue weighted by molar-refractivity contribution is 5.28. The number of unbranched alkanes of at least 4 members (excludes halogenated alkanes) is 2. The molecule has 0 aliphatic rings. The van der Waals surface area contributed by atoms with Crippen molar-refractivity contribution in [2.45, 2.75) is 46.1 Å². The molecule has 3 nitrogen and oxygen atoms in total. The predicted octanol–water partition coefficient (Wildman–Crippen LogP) is 3.69. The molecule has 120 valence electrons. The number of nitrogens with one attached hydrogen (secondary N) is 1. The SMILES string of the molecule is CCCCN(CCCC)CCOc1cccc(CNC)c1. The van der Waals surface area contributed by atoms with E-state index in [2.05, 4.69) is 42.3 Å². The van der Waals surface area contributed by atoms with E-state index >= 15 is 0 Å². The van der Waals surface area contributed by atoms with E-state index < -0.39 is 0 Å².